The van der Waals surface area contributed by atoms with Crippen LogP contribution in [0.2, 0.25) is 0 Å². The molecule has 9 N–H and O–H groups in total. The van der Waals surface area contributed by atoms with E-state index in [2.05, 4.69) is 0 Å². The summed E-state index contributed by atoms with van der Waals surface area (Å²) in [6.07, 6.45) is -11.4. The average molecular weight is 330 g/mol. The average Bonchev–Trinajstić information content (AvgIpc) is 2.43. The molecule has 0 aromatic carbocycles. The van der Waals surface area contributed by atoms with Crippen molar-refractivity contribution < 1.29 is 65.1 Å². The number of hydrogen-bond acceptors (Lipinski definition) is 9. The summed E-state index contributed by atoms with van der Waals surface area (Å²) in [7, 11) is 0. The van der Waals surface area contributed by atoms with Crippen LogP contribution < -0.4 is 0 Å². The molecule has 0 aromatic rings. The van der Waals surface area contributed by atoms with Gasteiger partial charge in [0.15, 0.2) is 24.4 Å². The molecule has 4 atom stereocenters. The van der Waals surface area contributed by atoms with Gasteiger partial charge in [0, 0.05) is 0 Å². The lowest BCUT2D eigenvalue weighted by atomic mass is 10.1. The van der Waals surface area contributed by atoms with Gasteiger partial charge in [0.25, 0.3) is 0 Å². The second-order valence-corrected chi connectivity index (χ2v) is 3.62. The fraction of sp³-hybridized carbons (Fsp3) is 0.556. The highest BCUT2D eigenvalue weighted by molar-refractivity contribution is 5.83. The molecular formula is C9H14O13. The van der Waals surface area contributed by atoms with Crippen LogP contribution in [0.1, 0.15) is 0 Å². The van der Waals surface area contributed by atoms with Crippen molar-refractivity contribution in [1.82, 2.24) is 0 Å². The zero-order chi connectivity index (χ0) is 18.2. The monoisotopic (exact) mass is 330 g/mol. The van der Waals surface area contributed by atoms with Crippen molar-refractivity contribution in [2.45, 2.75) is 30.5 Å². The standard InChI is InChI=1S/C5H8O7.C4H6O6/c6-1(2(7)4(9)10)3(8)5(11)12;5-1(3(7)8)2(6)4(9)10/h1-3,6-8H,(H,9,10)(H,11,12);1-2,5-6H,(H,7,8)(H,9,10). The molecule has 0 fully saturated rings. The van der Waals surface area contributed by atoms with Gasteiger partial charge >= 0.3 is 23.9 Å². The van der Waals surface area contributed by atoms with Crippen LogP contribution in [-0.4, -0.2) is 100 Å². The highest BCUT2D eigenvalue weighted by atomic mass is 16.4. The molecule has 0 aliphatic rings. The van der Waals surface area contributed by atoms with E-state index in [1.807, 2.05) is 0 Å². The van der Waals surface area contributed by atoms with Gasteiger partial charge in [0.05, 0.1) is 0 Å². The zero-order valence-corrected chi connectivity index (χ0v) is 10.5. The van der Waals surface area contributed by atoms with Gasteiger partial charge in [0.1, 0.15) is 6.10 Å². The number of hydrogen-bond donors (Lipinski definition) is 9. The number of aliphatic carboxylic acids is 4. The summed E-state index contributed by atoms with van der Waals surface area (Å²) in [5, 5.41) is 74.4. The van der Waals surface area contributed by atoms with Crippen LogP contribution in [0.4, 0.5) is 0 Å². The molecule has 0 spiro atoms. The lowest BCUT2D eigenvalue weighted by Crippen LogP contribution is -2.45. The summed E-state index contributed by atoms with van der Waals surface area (Å²) >= 11 is 0. The number of carbonyl (C=O) groups is 4. The predicted octanol–water partition coefficient (Wildman–Crippen LogP) is -4.88. The Morgan fingerprint density at radius 3 is 0.773 bits per heavy atom. The van der Waals surface area contributed by atoms with Gasteiger partial charge in [0.2, 0.25) is 0 Å². The quantitative estimate of drug-likeness (QED) is 0.212. The van der Waals surface area contributed by atoms with Crippen LogP contribution in [0.5, 0.6) is 0 Å². The lowest BCUT2D eigenvalue weighted by molar-refractivity contribution is -0.167. The van der Waals surface area contributed by atoms with Gasteiger partial charge in [-0.15, -0.1) is 0 Å². The molecule has 4 unspecified atom stereocenters. The molecule has 13 nitrogen and oxygen atoms in total. The molecule has 0 rings (SSSR count). The third kappa shape index (κ3) is 7.46. The van der Waals surface area contributed by atoms with E-state index in [-0.39, 0.29) is 0 Å². The van der Waals surface area contributed by atoms with Gasteiger partial charge in [-0.25, -0.2) is 19.2 Å². The summed E-state index contributed by atoms with van der Waals surface area (Å²) in [6, 6.07) is 0. The first-order valence-corrected chi connectivity index (χ1v) is 5.16. The van der Waals surface area contributed by atoms with Crippen molar-refractivity contribution in [2.24, 2.45) is 0 Å². The van der Waals surface area contributed by atoms with Gasteiger partial charge in [-0.2, -0.15) is 0 Å². The van der Waals surface area contributed by atoms with Crippen LogP contribution >= 0.6 is 0 Å². The van der Waals surface area contributed by atoms with E-state index in [0.717, 1.165) is 0 Å². The molecule has 0 bridgehead atoms. The van der Waals surface area contributed by atoms with Crippen molar-refractivity contribution in [3.05, 3.63) is 0 Å². The third-order valence-electron chi connectivity index (χ3n) is 1.96. The predicted molar refractivity (Wildman–Crippen MR) is 60.6 cm³/mol. The fourth-order valence-corrected chi connectivity index (χ4v) is 0.735. The molecule has 0 radical (unpaired) electrons. The molecule has 22 heavy (non-hydrogen) atoms. The largest absolute Gasteiger partial charge is 0.479 e. The highest BCUT2D eigenvalue weighted by Crippen LogP contribution is 2.00. The summed E-state index contributed by atoms with van der Waals surface area (Å²) < 4.78 is 0. The Kier molecular flexibility index (Phi) is 9.57. The van der Waals surface area contributed by atoms with Crippen molar-refractivity contribution in [3.8, 4) is 0 Å². The summed E-state index contributed by atoms with van der Waals surface area (Å²) in [6.45, 7) is 0. The van der Waals surface area contributed by atoms with E-state index >= 15 is 0 Å². The second-order valence-electron chi connectivity index (χ2n) is 3.62. The second kappa shape index (κ2) is 9.59. The van der Waals surface area contributed by atoms with Crippen LogP contribution in [0.25, 0.3) is 0 Å². The molecule has 0 saturated heterocycles. The van der Waals surface area contributed by atoms with Crippen LogP contribution in [0.15, 0.2) is 0 Å². The molecule has 0 saturated carbocycles. The first kappa shape index (κ1) is 22.0. The molecule has 0 aliphatic heterocycles. The van der Waals surface area contributed by atoms with E-state index in [1.54, 1.807) is 0 Å². The third-order valence-corrected chi connectivity index (χ3v) is 1.96. The minimum atomic E-state index is -2.31. The first-order valence-electron chi connectivity index (χ1n) is 5.16. The molecule has 13 heteroatoms. The number of aliphatic hydroxyl groups excluding tert-OH is 5. The van der Waals surface area contributed by atoms with E-state index in [9.17, 15) is 19.2 Å². The topological polar surface area (TPSA) is 250 Å². The SMILES string of the molecule is O=C(O)C(O)C(O)C(=O)O.O=C(O)C(O)C(O)C(O)C(=O)O. The smallest absolute Gasteiger partial charge is 0.335 e. The molecule has 0 aromatic heterocycles. The molecule has 0 heterocycles. The number of rotatable bonds is 7. The Morgan fingerprint density at radius 1 is 0.455 bits per heavy atom. The molecule has 128 valence electrons. The van der Waals surface area contributed by atoms with Gasteiger partial charge in [-0.1, -0.05) is 0 Å². The Bertz CT molecular complexity index is 380. The van der Waals surface area contributed by atoms with Crippen molar-refractivity contribution in [3.63, 3.8) is 0 Å². The summed E-state index contributed by atoms with van der Waals surface area (Å²) in [5.74, 6) is -7.14. The van der Waals surface area contributed by atoms with E-state index in [4.69, 9.17) is 46.0 Å². The maximum atomic E-state index is 9.95. The van der Waals surface area contributed by atoms with E-state index < -0.39 is 54.4 Å². The van der Waals surface area contributed by atoms with Crippen LogP contribution in [0, 0.1) is 0 Å². The van der Waals surface area contributed by atoms with E-state index in [1.165, 1.54) is 0 Å². The Labute approximate surface area is 120 Å². The highest BCUT2D eigenvalue weighted by Gasteiger charge is 2.34. The summed E-state index contributed by atoms with van der Waals surface area (Å²) in [4.78, 5) is 39.5. The molecule has 0 amide bonds. The minimum Gasteiger partial charge on any atom is -0.479 e. The minimum absolute atomic E-state index is 1.77. The van der Waals surface area contributed by atoms with Gasteiger partial charge in [-0.3, -0.25) is 0 Å². The van der Waals surface area contributed by atoms with Crippen LogP contribution in [-0.2, 0) is 19.2 Å². The molecular weight excluding hydrogens is 316 g/mol. The first-order chi connectivity index (χ1) is 9.84. The number of carboxylic acid groups (broad SMARTS) is 4. The van der Waals surface area contributed by atoms with Gasteiger partial charge < -0.3 is 46.0 Å². The lowest BCUT2D eigenvalue weighted by Gasteiger charge is -2.16. The normalized spacial score (nSPS) is 17.0. The Morgan fingerprint density at radius 2 is 0.636 bits per heavy atom. The van der Waals surface area contributed by atoms with Crippen molar-refractivity contribution >= 4 is 23.9 Å². The zero-order valence-electron chi connectivity index (χ0n) is 10.5. The maximum absolute atomic E-state index is 9.95. The van der Waals surface area contributed by atoms with E-state index in [0.29, 0.717) is 0 Å². The van der Waals surface area contributed by atoms with Crippen LogP contribution in [0.3, 0.4) is 0 Å². The maximum Gasteiger partial charge on any atom is 0.335 e. The van der Waals surface area contributed by atoms with Crippen molar-refractivity contribution in [1.29, 1.82) is 0 Å². The number of aliphatic hydroxyl groups is 5. The summed E-state index contributed by atoms with van der Waals surface area (Å²) in [5.41, 5.74) is 0. The van der Waals surface area contributed by atoms with Gasteiger partial charge in [-0.05, 0) is 0 Å². The molecule has 0 aliphatic carbocycles. The fourth-order valence-electron chi connectivity index (χ4n) is 0.735. The Balaban J connectivity index is 0. The Hall–Kier alpha value is -2.32. The number of carboxylic acids is 4. The van der Waals surface area contributed by atoms with Crippen molar-refractivity contribution in [2.75, 3.05) is 0 Å².